The van der Waals surface area contributed by atoms with Gasteiger partial charge in [-0.1, -0.05) is 30.3 Å². The minimum Gasteiger partial charge on any atom is -0.445 e. The molecule has 0 saturated carbocycles. The van der Waals surface area contributed by atoms with Crippen LogP contribution in [0.25, 0.3) is 0 Å². The van der Waals surface area contributed by atoms with Crippen LogP contribution in [-0.4, -0.2) is 57.5 Å². The van der Waals surface area contributed by atoms with Crippen LogP contribution in [0.3, 0.4) is 0 Å². The molecule has 0 radical (unpaired) electrons. The average molecular weight is 483 g/mol. The van der Waals surface area contributed by atoms with E-state index in [1.807, 2.05) is 30.3 Å². The largest absolute Gasteiger partial charge is 0.445 e. The Morgan fingerprint density at radius 3 is 2.49 bits per heavy atom. The van der Waals surface area contributed by atoms with Gasteiger partial charge in [0.1, 0.15) is 12.4 Å². The number of fused-ring (bicyclic) bond motifs is 1. The smallest absolute Gasteiger partial charge is 0.410 e. The number of carbonyl (C=O) groups excluding carboxylic acids is 3. The molecule has 2 aromatic rings. The van der Waals surface area contributed by atoms with Gasteiger partial charge in [0.25, 0.3) is 5.91 Å². The van der Waals surface area contributed by atoms with Crippen molar-refractivity contribution in [2.75, 3.05) is 20.1 Å². The van der Waals surface area contributed by atoms with E-state index in [0.717, 1.165) is 5.56 Å². The first kappa shape index (κ1) is 24.4. The third-order valence-corrected chi connectivity index (χ3v) is 6.18. The lowest BCUT2D eigenvalue weighted by Crippen LogP contribution is -2.44. The standard InChI is InChI=1S/C25H30N4O6/c1-25(2,3)23(32)35-19-18-22(31)27(4)13-14-29(18)20(26-21(19)30)17-11-8-12-28(17)24(33)34-15-16-9-6-5-7-10-16/h5-7,9-10,17H,8,11-15H2,1-4H3/t17-/m0/s1. The third kappa shape index (κ3) is 4.91. The quantitative estimate of drug-likeness (QED) is 0.616. The first-order chi connectivity index (χ1) is 16.6. The van der Waals surface area contributed by atoms with Crippen LogP contribution in [0.15, 0.2) is 35.1 Å². The summed E-state index contributed by atoms with van der Waals surface area (Å²) in [6.45, 7) is 6.29. The van der Waals surface area contributed by atoms with Gasteiger partial charge in [0, 0.05) is 26.7 Å². The Hall–Kier alpha value is -3.69. The van der Waals surface area contributed by atoms with Crippen LogP contribution >= 0.6 is 0 Å². The van der Waals surface area contributed by atoms with Crippen molar-refractivity contribution in [3.05, 3.63) is 57.8 Å². The minimum absolute atomic E-state index is 0.0177. The molecular weight excluding hydrogens is 452 g/mol. The molecule has 1 aromatic heterocycles. The summed E-state index contributed by atoms with van der Waals surface area (Å²) in [5.74, 6) is -1.15. The van der Waals surface area contributed by atoms with Crippen LogP contribution in [0.4, 0.5) is 4.79 Å². The van der Waals surface area contributed by atoms with Crippen LogP contribution in [-0.2, 0) is 22.7 Å². The number of ether oxygens (including phenoxy) is 2. The number of carbonyl (C=O) groups is 3. The zero-order chi connectivity index (χ0) is 25.3. The summed E-state index contributed by atoms with van der Waals surface area (Å²) in [6, 6.07) is 8.82. The van der Waals surface area contributed by atoms with Crippen molar-refractivity contribution < 1.29 is 23.9 Å². The highest BCUT2D eigenvalue weighted by molar-refractivity contribution is 5.96. The lowest BCUT2D eigenvalue weighted by atomic mass is 9.97. The average Bonchev–Trinajstić information content (AvgIpc) is 3.31. The number of aromatic nitrogens is 2. The van der Waals surface area contributed by atoms with Crippen molar-refractivity contribution in [3.63, 3.8) is 0 Å². The molecule has 2 aliphatic heterocycles. The topological polar surface area (TPSA) is 111 Å². The van der Waals surface area contributed by atoms with E-state index < -0.39 is 35.0 Å². The fourth-order valence-corrected chi connectivity index (χ4v) is 4.17. The molecule has 1 aromatic carbocycles. The highest BCUT2D eigenvalue weighted by Crippen LogP contribution is 2.34. The first-order valence-electron chi connectivity index (χ1n) is 11.7. The van der Waals surface area contributed by atoms with Crippen LogP contribution < -0.4 is 10.3 Å². The lowest BCUT2D eigenvalue weighted by Gasteiger charge is -2.32. The van der Waals surface area contributed by atoms with Crippen LogP contribution in [0.1, 0.15) is 61.5 Å². The molecule has 2 amide bonds. The number of hydrogen-bond donors (Lipinski definition) is 0. The number of amides is 2. The predicted octanol–water partition coefficient (Wildman–Crippen LogP) is 2.75. The third-order valence-electron chi connectivity index (χ3n) is 6.18. The fraction of sp³-hybridized carbons (Fsp3) is 0.480. The van der Waals surface area contributed by atoms with Gasteiger partial charge in [0.2, 0.25) is 5.75 Å². The van der Waals surface area contributed by atoms with E-state index in [1.165, 1.54) is 4.90 Å². The van der Waals surface area contributed by atoms with Crippen LogP contribution in [0.5, 0.6) is 5.75 Å². The van der Waals surface area contributed by atoms with Crippen molar-refractivity contribution in [2.24, 2.45) is 5.41 Å². The highest BCUT2D eigenvalue weighted by atomic mass is 16.6. The maximum Gasteiger partial charge on any atom is 0.410 e. The first-order valence-corrected chi connectivity index (χ1v) is 11.7. The van der Waals surface area contributed by atoms with E-state index in [4.69, 9.17) is 9.47 Å². The molecule has 0 bridgehead atoms. The van der Waals surface area contributed by atoms with Gasteiger partial charge in [0.15, 0.2) is 5.69 Å². The van der Waals surface area contributed by atoms with Crippen molar-refractivity contribution in [1.82, 2.24) is 19.4 Å². The Morgan fingerprint density at radius 2 is 1.80 bits per heavy atom. The summed E-state index contributed by atoms with van der Waals surface area (Å²) in [6.07, 6.45) is 0.755. The number of benzene rings is 1. The van der Waals surface area contributed by atoms with E-state index in [-0.39, 0.29) is 18.1 Å². The summed E-state index contributed by atoms with van der Waals surface area (Å²) < 4.78 is 12.5. The molecule has 35 heavy (non-hydrogen) atoms. The summed E-state index contributed by atoms with van der Waals surface area (Å²) in [5.41, 5.74) is -0.841. The zero-order valence-electron chi connectivity index (χ0n) is 20.4. The van der Waals surface area contributed by atoms with Crippen molar-refractivity contribution in [2.45, 2.75) is 52.8 Å². The van der Waals surface area contributed by atoms with E-state index in [1.54, 1.807) is 37.3 Å². The normalized spacial score (nSPS) is 17.8. The Bertz CT molecular complexity index is 1200. The second kappa shape index (κ2) is 9.52. The Morgan fingerprint density at radius 1 is 1.09 bits per heavy atom. The second-order valence-corrected chi connectivity index (χ2v) is 9.86. The minimum atomic E-state index is -0.878. The molecule has 0 aliphatic carbocycles. The van der Waals surface area contributed by atoms with Crippen molar-refractivity contribution in [1.29, 1.82) is 0 Å². The summed E-state index contributed by atoms with van der Waals surface area (Å²) in [5, 5.41) is 0. The zero-order valence-corrected chi connectivity index (χ0v) is 20.4. The number of rotatable bonds is 4. The van der Waals surface area contributed by atoms with Crippen molar-refractivity contribution in [3.8, 4) is 5.75 Å². The molecule has 2 aliphatic rings. The summed E-state index contributed by atoms with van der Waals surface area (Å²) in [7, 11) is 1.62. The van der Waals surface area contributed by atoms with E-state index in [0.29, 0.717) is 38.3 Å². The molecule has 0 spiro atoms. The SMILES string of the molecule is CN1CCn2c([C@@H]3CCCN3C(=O)OCc3ccccc3)nc(=O)c(OC(=O)C(C)(C)C)c2C1=O. The molecule has 186 valence electrons. The fourth-order valence-electron chi connectivity index (χ4n) is 4.17. The molecule has 4 rings (SSSR count). The van der Waals surface area contributed by atoms with Gasteiger partial charge in [-0.2, -0.15) is 4.98 Å². The molecule has 1 fully saturated rings. The molecule has 1 saturated heterocycles. The highest BCUT2D eigenvalue weighted by Gasteiger charge is 2.39. The molecule has 10 heteroatoms. The van der Waals surface area contributed by atoms with Crippen LogP contribution in [0, 0.1) is 5.41 Å². The molecule has 0 N–H and O–H groups in total. The van der Waals surface area contributed by atoms with Crippen molar-refractivity contribution >= 4 is 18.0 Å². The van der Waals surface area contributed by atoms with Gasteiger partial charge < -0.3 is 18.9 Å². The van der Waals surface area contributed by atoms with Gasteiger partial charge in [0.05, 0.1) is 11.5 Å². The monoisotopic (exact) mass is 482 g/mol. The molecule has 1 atom stereocenters. The predicted molar refractivity (Wildman–Crippen MR) is 126 cm³/mol. The Labute approximate surface area is 203 Å². The molecular formula is C25H30N4O6. The molecule has 0 unspecified atom stereocenters. The second-order valence-electron chi connectivity index (χ2n) is 9.86. The number of nitrogens with zero attached hydrogens (tertiary/aromatic N) is 4. The van der Waals surface area contributed by atoms with E-state index >= 15 is 0 Å². The van der Waals surface area contributed by atoms with Gasteiger partial charge in [-0.3, -0.25) is 19.3 Å². The maximum atomic E-state index is 13.1. The number of esters is 1. The number of likely N-dealkylation sites (tertiary alicyclic amines) is 1. The van der Waals surface area contributed by atoms with Crippen LogP contribution in [0.2, 0.25) is 0 Å². The lowest BCUT2D eigenvalue weighted by molar-refractivity contribution is -0.143. The van der Waals surface area contributed by atoms with Gasteiger partial charge in [-0.25, -0.2) is 4.79 Å². The van der Waals surface area contributed by atoms with E-state index in [9.17, 15) is 19.2 Å². The summed E-state index contributed by atoms with van der Waals surface area (Å²) in [4.78, 5) is 58.9. The number of likely N-dealkylation sites (N-methyl/N-ethyl adjacent to an activating group) is 1. The van der Waals surface area contributed by atoms with Gasteiger partial charge >= 0.3 is 17.6 Å². The molecule has 3 heterocycles. The van der Waals surface area contributed by atoms with Gasteiger partial charge in [-0.15, -0.1) is 0 Å². The number of hydrogen-bond acceptors (Lipinski definition) is 7. The Kier molecular flexibility index (Phi) is 6.64. The van der Waals surface area contributed by atoms with Gasteiger partial charge in [-0.05, 0) is 39.2 Å². The molecule has 10 nitrogen and oxygen atoms in total. The van der Waals surface area contributed by atoms with E-state index in [2.05, 4.69) is 4.98 Å². The summed E-state index contributed by atoms with van der Waals surface area (Å²) >= 11 is 0. The maximum absolute atomic E-state index is 13.1. The Balaban J connectivity index is 1.68.